The molecule has 20 heavy (non-hydrogen) atoms. The van der Waals surface area contributed by atoms with E-state index in [0.717, 1.165) is 17.3 Å². The van der Waals surface area contributed by atoms with Crippen LogP contribution in [0.25, 0.3) is 10.9 Å². The van der Waals surface area contributed by atoms with Crippen molar-refractivity contribution in [2.24, 2.45) is 0 Å². The van der Waals surface area contributed by atoms with Gasteiger partial charge in [0, 0.05) is 11.1 Å². The summed E-state index contributed by atoms with van der Waals surface area (Å²) in [7, 11) is 0. The van der Waals surface area contributed by atoms with E-state index in [1.165, 1.54) is 0 Å². The number of para-hydroxylation sites is 1. The Morgan fingerprint density at radius 1 is 1.15 bits per heavy atom. The number of fused-ring (bicyclic) bond motifs is 1. The first-order valence-corrected chi connectivity index (χ1v) is 5.96. The van der Waals surface area contributed by atoms with Gasteiger partial charge in [-0.3, -0.25) is 0 Å². The minimum absolute atomic E-state index is 0.0502. The van der Waals surface area contributed by atoms with Crippen LogP contribution in [0, 0.1) is 12.7 Å². The summed E-state index contributed by atoms with van der Waals surface area (Å²) in [6.45, 7) is 1.87. The fourth-order valence-corrected chi connectivity index (χ4v) is 1.84. The van der Waals surface area contributed by atoms with Crippen LogP contribution in [0.3, 0.4) is 0 Å². The van der Waals surface area contributed by atoms with Crippen molar-refractivity contribution in [2.45, 2.75) is 6.92 Å². The molecule has 0 bridgehead atoms. The first-order valence-electron chi connectivity index (χ1n) is 5.96. The largest absolute Gasteiger partial charge is 0.434 e. The number of anilines is 1. The van der Waals surface area contributed by atoms with Gasteiger partial charge in [0.2, 0.25) is 11.8 Å². The van der Waals surface area contributed by atoms with E-state index >= 15 is 0 Å². The number of hydrogen-bond donors (Lipinski definition) is 1. The summed E-state index contributed by atoms with van der Waals surface area (Å²) in [5, 5.41) is 0.899. The van der Waals surface area contributed by atoms with Crippen LogP contribution < -0.4 is 10.5 Å². The molecule has 2 heterocycles. The van der Waals surface area contributed by atoms with Gasteiger partial charge in [0.15, 0.2) is 5.75 Å². The molecular formula is C14H11FN4O. The van der Waals surface area contributed by atoms with E-state index in [9.17, 15) is 4.39 Å². The fourth-order valence-electron chi connectivity index (χ4n) is 1.84. The Labute approximate surface area is 114 Å². The van der Waals surface area contributed by atoms with Crippen molar-refractivity contribution in [1.82, 2.24) is 15.0 Å². The van der Waals surface area contributed by atoms with E-state index in [1.807, 2.05) is 25.1 Å². The van der Waals surface area contributed by atoms with Gasteiger partial charge in [-0.1, -0.05) is 18.2 Å². The van der Waals surface area contributed by atoms with Gasteiger partial charge in [-0.05, 0) is 19.1 Å². The summed E-state index contributed by atoms with van der Waals surface area (Å²) in [5.74, 6) is -0.522. The van der Waals surface area contributed by atoms with Crippen molar-refractivity contribution in [3.05, 3.63) is 48.0 Å². The molecule has 0 saturated heterocycles. The number of benzene rings is 1. The highest BCUT2D eigenvalue weighted by Crippen LogP contribution is 2.29. The molecule has 0 radical (unpaired) electrons. The number of hydrogen-bond acceptors (Lipinski definition) is 5. The molecule has 0 atom stereocenters. The number of nitrogen functional groups attached to an aromatic ring is 1. The van der Waals surface area contributed by atoms with Gasteiger partial charge in [0.1, 0.15) is 5.52 Å². The average Bonchev–Trinajstić information content (AvgIpc) is 2.43. The van der Waals surface area contributed by atoms with Crippen LogP contribution in [0.2, 0.25) is 0 Å². The van der Waals surface area contributed by atoms with E-state index in [4.69, 9.17) is 10.5 Å². The molecule has 0 fully saturated rings. The van der Waals surface area contributed by atoms with E-state index < -0.39 is 5.82 Å². The third-order valence-electron chi connectivity index (χ3n) is 2.76. The van der Waals surface area contributed by atoms with Crippen molar-refractivity contribution < 1.29 is 9.13 Å². The molecule has 6 heteroatoms. The van der Waals surface area contributed by atoms with Crippen LogP contribution in [0.5, 0.6) is 11.6 Å². The lowest BCUT2D eigenvalue weighted by molar-refractivity contribution is 0.424. The minimum Gasteiger partial charge on any atom is -0.434 e. The van der Waals surface area contributed by atoms with E-state index in [0.29, 0.717) is 11.3 Å². The number of rotatable bonds is 2. The summed E-state index contributed by atoms with van der Waals surface area (Å²) in [6.07, 6.45) is 0.974. The third kappa shape index (κ3) is 2.23. The second-order valence-corrected chi connectivity index (χ2v) is 4.26. The molecule has 5 nitrogen and oxygen atoms in total. The highest BCUT2D eigenvalue weighted by molar-refractivity contribution is 5.84. The van der Waals surface area contributed by atoms with E-state index in [1.54, 1.807) is 12.1 Å². The Kier molecular flexibility index (Phi) is 2.90. The summed E-state index contributed by atoms with van der Waals surface area (Å²) in [6, 6.07) is 9.23. The number of nitrogens with zero attached hydrogens (tertiary/aromatic N) is 3. The number of aryl methyl sites for hydroxylation is 1. The van der Waals surface area contributed by atoms with Crippen LogP contribution in [0.1, 0.15) is 5.69 Å². The maximum absolute atomic E-state index is 13.6. The predicted molar refractivity (Wildman–Crippen MR) is 73.0 cm³/mol. The Balaban J connectivity index is 2.10. The van der Waals surface area contributed by atoms with Crippen LogP contribution in [0.4, 0.5) is 10.3 Å². The maximum Gasteiger partial charge on any atom is 0.260 e. The molecule has 0 aliphatic rings. The number of ether oxygens (including phenoxy) is 1. The van der Waals surface area contributed by atoms with E-state index in [2.05, 4.69) is 15.0 Å². The normalized spacial score (nSPS) is 10.7. The molecule has 0 unspecified atom stereocenters. The van der Waals surface area contributed by atoms with Crippen molar-refractivity contribution >= 4 is 16.9 Å². The summed E-state index contributed by atoms with van der Waals surface area (Å²) < 4.78 is 19.1. The van der Waals surface area contributed by atoms with Crippen molar-refractivity contribution in [1.29, 1.82) is 0 Å². The number of aromatic nitrogens is 3. The van der Waals surface area contributed by atoms with Gasteiger partial charge in [-0.25, -0.2) is 9.97 Å². The zero-order chi connectivity index (χ0) is 14.1. The van der Waals surface area contributed by atoms with Gasteiger partial charge in [0.05, 0.1) is 6.20 Å². The molecule has 0 saturated carbocycles. The molecule has 3 rings (SSSR count). The zero-order valence-electron chi connectivity index (χ0n) is 10.7. The topological polar surface area (TPSA) is 73.9 Å². The van der Waals surface area contributed by atoms with Crippen molar-refractivity contribution in [3.63, 3.8) is 0 Å². The van der Waals surface area contributed by atoms with Crippen LogP contribution >= 0.6 is 0 Å². The molecule has 0 aliphatic carbocycles. The Morgan fingerprint density at radius 2 is 2.00 bits per heavy atom. The molecule has 0 spiro atoms. The molecule has 0 amide bonds. The lowest BCUT2D eigenvalue weighted by Crippen LogP contribution is -2.00. The van der Waals surface area contributed by atoms with Crippen LogP contribution in [0.15, 0.2) is 36.5 Å². The predicted octanol–water partition coefficient (Wildman–Crippen LogP) is 2.85. The molecule has 3 aromatic rings. The summed E-state index contributed by atoms with van der Waals surface area (Å²) in [4.78, 5) is 11.7. The smallest absolute Gasteiger partial charge is 0.260 e. The lowest BCUT2D eigenvalue weighted by Gasteiger charge is -2.08. The zero-order valence-corrected chi connectivity index (χ0v) is 10.7. The highest BCUT2D eigenvalue weighted by Gasteiger charge is 2.11. The second kappa shape index (κ2) is 4.73. The van der Waals surface area contributed by atoms with Crippen molar-refractivity contribution in [3.8, 4) is 11.6 Å². The molecular weight excluding hydrogens is 259 g/mol. The Morgan fingerprint density at radius 3 is 2.85 bits per heavy atom. The maximum atomic E-state index is 13.6. The Hall–Kier alpha value is -2.76. The monoisotopic (exact) mass is 270 g/mol. The van der Waals surface area contributed by atoms with Crippen LogP contribution in [-0.4, -0.2) is 15.0 Å². The molecule has 1 aromatic carbocycles. The number of nitrogens with two attached hydrogens (primary N) is 1. The quantitative estimate of drug-likeness (QED) is 0.775. The van der Waals surface area contributed by atoms with E-state index in [-0.39, 0.29) is 11.8 Å². The third-order valence-corrected chi connectivity index (χ3v) is 2.76. The summed E-state index contributed by atoms with van der Waals surface area (Å²) >= 11 is 0. The van der Waals surface area contributed by atoms with Gasteiger partial charge in [-0.15, -0.1) is 0 Å². The van der Waals surface area contributed by atoms with Crippen LogP contribution in [-0.2, 0) is 0 Å². The lowest BCUT2D eigenvalue weighted by atomic mass is 10.2. The molecule has 100 valence electrons. The molecule has 2 aromatic heterocycles. The van der Waals surface area contributed by atoms with Gasteiger partial charge in [-0.2, -0.15) is 9.37 Å². The SMILES string of the molecule is Cc1ccc2cccc(Oc3nc(N)ncc3F)c2n1. The second-order valence-electron chi connectivity index (χ2n) is 4.26. The van der Waals surface area contributed by atoms with Gasteiger partial charge in [0.25, 0.3) is 5.88 Å². The molecule has 2 N–H and O–H groups in total. The average molecular weight is 270 g/mol. The number of pyridine rings is 1. The number of halogens is 1. The van der Waals surface area contributed by atoms with Gasteiger partial charge < -0.3 is 10.5 Å². The minimum atomic E-state index is -0.677. The standard InChI is InChI=1S/C14H11FN4O/c1-8-5-6-9-3-2-4-11(12(9)18-8)20-13-10(15)7-17-14(16)19-13/h2-7H,1H3,(H2,16,17,19). The summed E-state index contributed by atoms with van der Waals surface area (Å²) in [5.41, 5.74) is 6.92. The first-order chi connectivity index (χ1) is 9.63. The highest BCUT2D eigenvalue weighted by atomic mass is 19.1. The fraction of sp³-hybridized carbons (Fsp3) is 0.0714. The molecule has 0 aliphatic heterocycles. The first kappa shape index (κ1) is 12.3. The Bertz CT molecular complexity index is 791. The van der Waals surface area contributed by atoms with Gasteiger partial charge >= 0.3 is 0 Å². The van der Waals surface area contributed by atoms with Crippen molar-refractivity contribution in [2.75, 3.05) is 5.73 Å².